The van der Waals surface area contributed by atoms with Crippen molar-refractivity contribution in [2.24, 2.45) is 0 Å². The molecular weight excluding hydrogens is 326 g/mol. The lowest BCUT2D eigenvalue weighted by Crippen LogP contribution is -2.31. The number of aryl methyl sites for hydroxylation is 1. The zero-order valence-electron chi connectivity index (χ0n) is 14.9. The normalized spacial score (nSPS) is 10.5. The summed E-state index contributed by atoms with van der Waals surface area (Å²) in [6.45, 7) is 2.22. The van der Waals surface area contributed by atoms with Gasteiger partial charge in [-0.2, -0.15) is 0 Å². The number of hydrogen-bond acceptors (Lipinski definition) is 3. The van der Waals surface area contributed by atoms with E-state index in [1.807, 2.05) is 67.6 Å². The fourth-order valence-corrected chi connectivity index (χ4v) is 2.85. The van der Waals surface area contributed by atoms with E-state index in [1.54, 1.807) is 18.0 Å². The van der Waals surface area contributed by atoms with E-state index in [4.69, 9.17) is 4.74 Å². The Morgan fingerprint density at radius 1 is 0.923 bits per heavy atom. The van der Waals surface area contributed by atoms with Gasteiger partial charge in [-0.3, -0.25) is 4.79 Å². The summed E-state index contributed by atoms with van der Waals surface area (Å²) in [5, 5.41) is 1.78. The maximum Gasteiger partial charge on any atom is 0.339 e. The highest BCUT2D eigenvalue weighted by molar-refractivity contribution is 6.04. The molecule has 0 radical (unpaired) electrons. The standard InChI is InChI=1S/C22H21NO3/c1-16-8-3-4-10-18(16)14-23(2)21(24)15-26-22(25)20-13-7-11-17-9-5-6-12-19(17)20/h3-13H,14-15H2,1-2H3. The minimum Gasteiger partial charge on any atom is -0.452 e. The number of benzene rings is 3. The van der Waals surface area contributed by atoms with Gasteiger partial charge in [0.1, 0.15) is 0 Å². The van der Waals surface area contributed by atoms with E-state index < -0.39 is 5.97 Å². The van der Waals surface area contributed by atoms with Crippen LogP contribution in [0, 0.1) is 6.92 Å². The second-order valence-electron chi connectivity index (χ2n) is 6.28. The molecule has 0 bridgehead atoms. The van der Waals surface area contributed by atoms with Crippen LogP contribution in [0.4, 0.5) is 0 Å². The van der Waals surface area contributed by atoms with E-state index in [9.17, 15) is 9.59 Å². The molecule has 0 aliphatic rings. The lowest BCUT2D eigenvalue weighted by Gasteiger charge is -2.18. The minimum absolute atomic E-state index is 0.234. The van der Waals surface area contributed by atoms with Crippen molar-refractivity contribution in [3.05, 3.63) is 83.4 Å². The first-order valence-corrected chi connectivity index (χ1v) is 8.49. The van der Waals surface area contributed by atoms with Gasteiger partial charge in [0, 0.05) is 13.6 Å². The molecule has 0 saturated carbocycles. The number of rotatable bonds is 5. The molecule has 3 aromatic rings. The number of hydrogen-bond donors (Lipinski definition) is 0. The molecule has 4 heteroatoms. The van der Waals surface area contributed by atoms with Crippen LogP contribution in [0.25, 0.3) is 10.8 Å². The van der Waals surface area contributed by atoms with Gasteiger partial charge in [-0.05, 0) is 34.9 Å². The van der Waals surface area contributed by atoms with Gasteiger partial charge in [0.15, 0.2) is 6.61 Å². The molecule has 0 spiro atoms. The van der Waals surface area contributed by atoms with Crippen LogP contribution in [0.1, 0.15) is 21.5 Å². The summed E-state index contributed by atoms with van der Waals surface area (Å²) < 4.78 is 5.26. The van der Waals surface area contributed by atoms with Crippen molar-refractivity contribution in [1.29, 1.82) is 0 Å². The summed E-state index contributed by atoms with van der Waals surface area (Å²) in [6, 6.07) is 21.0. The molecule has 132 valence electrons. The Labute approximate surface area is 153 Å². The predicted octanol–water partition coefficient (Wildman–Crippen LogP) is 3.96. The zero-order valence-corrected chi connectivity index (χ0v) is 14.9. The molecule has 0 heterocycles. The number of likely N-dealkylation sites (N-methyl/N-ethyl adjacent to an activating group) is 1. The molecule has 26 heavy (non-hydrogen) atoms. The Morgan fingerprint density at radius 3 is 2.42 bits per heavy atom. The summed E-state index contributed by atoms with van der Waals surface area (Å²) in [5.41, 5.74) is 2.67. The molecule has 3 aromatic carbocycles. The highest BCUT2D eigenvalue weighted by Gasteiger charge is 2.16. The summed E-state index contributed by atoms with van der Waals surface area (Å²) in [5.74, 6) is -0.721. The van der Waals surface area contributed by atoms with Crippen molar-refractivity contribution >= 4 is 22.6 Å². The molecule has 1 amide bonds. The maximum absolute atomic E-state index is 12.4. The minimum atomic E-state index is -0.487. The quantitative estimate of drug-likeness (QED) is 0.656. The number of amides is 1. The van der Waals surface area contributed by atoms with Crippen molar-refractivity contribution in [1.82, 2.24) is 4.90 Å². The smallest absolute Gasteiger partial charge is 0.339 e. The van der Waals surface area contributed by atoms with Crippen LogP contribution in [0.5, 0.6) is 0 Å². The van der Waals surface area contributed by atoms with Crippen LogP contribution in [0.15, 0.2) is 66.7 Å². The molecule has 0 unspecified atom stereocenters. The average molecular weight is 347 g/mol. The molecule has 0 aromatic heterocycles. The van der Waals surface area contributed by atoms with E-state index in [2.05, 4.69) is 0 Å². The SMILES string of the molecule is Cc1ccccc1CN(C)C(=O)COC(=O)c1cccc2ccccc12. The van der Waals surface area contributed by atoms with Crippen LogP contribution in [-0.4, -0.2) is 30.4 Å². The molecule has 0 fully saturated rings. The molecule has 0 aliphatic heterocycles. The summed E-state index contributed by atoms with van der Waals surface area (Å²) in [7, 11) is 1.71. The summed E-state index contributed by atoms with van der Waals surface area (Å²) in [6.07, 6.45) is 0. The topological polar surface area (TPSA) is 46.6 Å². The number of esters is 1. The third-order valence-corrected chi connectivity index (χ3v) is 4.43. The van der Waals surface area contributed by atoms with E-state index in [0.717, 1.165) is 21.9 Å². The van der Waals surface area contributed by atoms with Crippen LogP contribution < -0.4 is 0 Å². The molecule has 0 atom stereocenters. The van der Waals surface area contributed by atoms with Crippen LogP contribution >= 0.6 is 0 Å². The molecule has 0 aliphatic carbocycles. The lowest BCUT2D eigenvalue weighted by molar-refractivity contribution is -0.133. The van der Waals surface area contributed by atoms with Crippen LogP contribution in [0.2, 0.25) is 0 Å². The lowest BCUT2D eigenvalue weighted by atomic mass is 10.1. The van der Waals surface area contributed by atoms with E-state index in [1.165, 1.54) is 0 Å². The highest BCUT2D eigenvalue weighted by Crippen LogP contribution is 2.19. The van der Waals surface area contributed by atoms with Crippen LogP contribution in [0.3, 0.4) is 0 Å². The van der Waals surface area contributed by atoms with E-state index >= 15 is 0 Å². The average Bonchev–Trinajstić information content (AvgIpc) is 2.67. The first kappa shape index (κ1) is 17.7. The Bertz CT molecular complexity index is 944. The fraction of sp³-hybridized carbons (Fsp3) is 0.182. The first-order chi connectivity index (χ1) is 12.6. The predicted molar refractivity (Wildman–Crippen MR) is 102 cm³/mol. The van der Waals surface area contributed by atoms with Gasteiger partial charge in [-0.15, -0.1) is 0 Å². The maximum atomic E-state index is 12.4. The third-order valence-electron chi connectivity index (χ3n) is 4.43. The van der Waals surface area contributed by atoms with Crippen molar-refractivity contribution < 1.29 is 14.3 Å². The summed E-state index contributed by atoms with van der Waals surface area (Å²) >= 11 is 0. The Morgan fingerprint density at radius 2 is 1.62 bits per heavy atom. The molecule has 0 saturated heterocycles. The third kappa shape index (κ3) is 3.91. The molecular formula is C22H21NO3. The fourth-order valence-electron chi connectivity index (χ4n) is 2.85. The van der Waals surface area contributed by atoms with Crippen LogP contribution in [-0.2, 0) is 16.1 Å². The first-order valence-electron chi connectivity index (χ1n) is 8.49. The second-order valence-corrected chi connectivity index (χ2v) is 6.28. The molecule has 3 rings (SSSR count). The van der Waals surface area contributed by atoms with Gasteiger partial charge < -0.3 is 9.64 Å². The Balaban J connectivity index is 1.63. The van der Waals surface area contributed by atoms with Gasteiger partial charge in [-0.25, -0.2) is 4.79 Å². The zero-order chi connectivity index (χ0) is 18.5. The number of nitrogens with zero attached hydrogens (tertiary/aromatic N) is 1. The number of carbonyl (C=O) groups excluding carboxylic acids is 2. The molecule has 0 N–H and O–H groups in total. The van der Waals surface area contributed by atoms with Crippen molar-refractivity contribution in [2.75, 3.05) is 13.7 Å². The van der Waals surface area contributed by atoms with Crippen molar-refractivity contribution in [3.8, 4) is 0 Å². The van der Waals surface area contributed by atoms with Crippen molar-refractivity contribution in [2.45, 2.75) is 13.5 Å². The molecule has 4 nitrogen and oxygen atoms in total. The van der Waals surface area contributed by atoms with E-state index in [-0.39, 0.29) is 12.5 Å². The van der Waals surface area contributed by atoms with Gasteiger partial charge in [0.2, 0.25) is 0 Å². The van der Waals surface area contributed by atoms with E-state index in [0.29, 0.717) is 12.1 Å². The Kier molecular flexibility index (Phi) is 5.32. The highest BCUT2D eigenvalue weighted by atomic mass is 16.5. The monoisotopic (exact) mass is 347 g/mol. The van der Waals surface area contributed by atoms with Gasteiger partial charge in [0.05, 0.1) is 5.56 Å². The Hall–Kier alpha value is -3.14. The number of carbonyl (C=O) groups is 2. The summed E-state index contributed by atoms with van der Waals surface area (Å²) in [4.78, 5) is 26.3. The number of ether oxygens (including phenoxy) is 1. The number of fused-ring (bicyclic) bond motifs is 1. The van der Waals surface area contributed by atoms with Gasteiger partial charge in [0.25, 0.3) is 5.91 Å². The second kappa shape index (κ2) is 7.83. The van der Waals surface area contributed by atoms with Gasteiger partial charge in [-0.1, -0.05) is 60.7 Å². The van der Waals surface area contributed by atoms with Crippen molar-refractivity contribution in [3.63, 3.8) is 0 Å². The van der Waals surface area contributed by atoms with Gasteiger partial charge >= 0.3 is 5.97 Å². The largest absolute Gasteiger partial charge is 0.452 e.